The van der Waals surface area contributed by atoms with Crippen molar-refractivity contribution in [2.75, 3.05) is 7.11 Å². The summed E-state index contributed by atoms with van der Waals surface area (Å²) < 4.78 is 10.4. The summed E-state index contributed by atoms with van der Waals surface area (Å²) in [5, 5.41) is 12.7. The minimum atomic E-state index is -0.433. The van der Waals surface area contributed by atoms with E-state index in [2.05, 4.69) is 11.1 Å². The minimum Gasteiger partial charge on any atom is -0.493 e. The van der Waals surface area contributed by atoms with Gasteiger partial charge in [-0.3, -0.25) is 4.79 Å². The molecule has 0 fully saturated rings. The zero-order valence-electron chi connectivity index (χ0n) is 15.1. The third kappa shape index (κ3) is 4.58. The van der Waals surface area contributed by atoms with Crippen molar-refractivity contribution in [1.29, 1.82) is 5.26 Å². The Morgan fingerprint density at radius 1 is 1.21 bits per heavy atom. The first-order valence-corrected chi connectivity index (χ1v) is 9.46. The molecule has 0 unspecified atom stereocenters. The van der Waals surface area contributed by atoms with Gasteiger partial charge < -0.3 is 9.47 Å². The van der Waals surface area contributed by atoms with Gasteiger partial charge in [0.1, 0.15) is 11.1 Å². The number of ether oxygens (including phenoxy) is 2. The van der Waals surface area contributed by atoms with E-state index in [9.17, 15) is 10.1 Å². The van der Waals surface area contributed by atoms with Crippen molar-refractivity contribution in [1.82, 2.24) is 4.98 Å². The molecule has 0 atom stereocenters. The average Bonchev–Trinajstić information content (AvgIpc) is 3.17. The van der Waals surface area contributed by atoms with Gasteiger partial charge in [-0.2, -0.15) is 5.26 Å². The molecule has 0 aliphatic rings. The van der Waals surface area contributed by atoms with Gasteiger partial charge in [0, 0.05) is 22.9 Å². The Morgan fingerprint density at radius 3 is 2.61 bits per heavy atom. The van der Waals surface area contributed by atoms with Crippen LogP contribution in [0, 0.1) is 11.3 Å². The molecule has 140 valence electrons. The molecular formula is C21H15ClN2O3S. The molecule has 0 N–H and O–H groups in total. The fourth-order valence-corrected chi connectivity index (χ4v) is 3.39. The zero-order chi connectivity index (χ0) is 20.1. The summed E-state index contributed by atoms with van der Waals surface area (Å²) in [5.41, 5.74) is 2.86. The van der Waals surface area contributed by atoms with Crippen LogP contribution in [0.15, 0.2) is 47.8 Å². The average molecular weight is 411 g/mol. The molecule has 5 nitrogen and oxygen atoms in total. The van der Waals surface area contributed by atoms with Crippen molar-refractivity contribution in [3.63, 3.8) is 0 Å². The Morgan fingerprint density at radius 2 is 1.96 bits per heavy atom. The lowest BCUT2D eigenvalue weighted by atomic mass is 10.1. The van der Waals surface area contributed by atoms with Gasteiger partial charge in [-0.15, -0.1) is 11.3 Å². The number of nitriles is 1. The highest BCUT2D eigenvalue weighted by Gasteiger charge is 2.11. The normalized spacial score (nSPS) is 11.0. The fraction of sp³-hybridized carbons (Fsp3) is 0.0952. The second-order valence-electron chi connectivity index (χ2n) is 5.72. The molecule has 3 rings (SSSR count). The van der Waals surface area contributed by atoms with Crippen LogP contribution in [0.25, 0.3) is 22.9 Å². The van der Waals surface area contributed by atoms with E-state index >= 15 is 0 Å². The molecule has 7 heteroatoms. The summed E-state index contributed by atoms with van der Waals surface area (Å²) in [6.45, 7) is 1.32. The van der Waals surface area contributed by atoms with Gasteiger partial charge in [0.25, 0.3) is 0 Å². The predicted molar refractivity (Wildman–Crippen MR) is 110 cm³/mol. The number of allylic oxidation sites excluding steroid dienone is 1. The third-order valence-corrected chi connectivity index (χ3v) is 4.87. The van der Waals surface area contributed by atoms with E-state index in [1.54, 1.807) is 36.4 Å². The maximum atomic E-state index is 11.2. The Hall–Kier alpha value is -3.14. The second-order valence-corrected chi connectivity index (χ2v) is 7.01. The molecule has 0 amide bonds. The summed E-state index contributed by atoms with van der Waals surface area (Å²) in [6.07, 6.45) is 1.71. The van der Waals surface area contributed by atoms with Crippen molar-refractivity contribution in [2.45, 2.75) is 6.92 Å². The lowest BCUT2D eigenvalue weighted by Crippen LogP contribution is -2.03. The molecule has 28 heavy (non-hydrogen) atoms. The number of hydrogen-bond donors (Lipinski definition) is 0. The van der Waals surface area contributed by atoms with Crippen molar-refractivity contribution < 1.29 is 14.3 Å². The molecule has 0 spiro atoms. The van der Waals surface area contributed by atoms with Crippen LogP contribution >= 0.6 is 22.9 Å². The molecular weight excluding hydrogens is 396 g/mol. The number of methoxy groups -OCH3 is 1. The van der Waals surface area contributed by atoms with Crippen LogP contribution in [0.5, 0.6) is 11.5 Å². The zero-order valence-corrected chi connectivity index (χ0v) is 16.7. The first kappa shape index (κ1) is 19.6. The molecule has 0 saturated heterocycles. The van der Waals surface area contributed by atoms with E-state index < -0.39 is 5.97 Å². The molecule has 0 aliphatic carbocycles. The number of thiazole rings is 1. The first-order valence-electron chi connectivity index (χ1n) is 8.20. The van der Waals surface area contributed by atoms with Gasteiger partial charge in [-0.25, -0.2) is 4.98 Å². The van der Waals surface area contributed by atoms with Gasteiger partial charge in [-0.05, 0) is 35.9 Å². The maximum absolute atomic E-state index is 11.2. The van der Waals surface area contributed by atoms with E-state index in [0.717, 1.165) is 16.8 Å². The van der Waals surface area contributed by atoms with Gasteiger partial charge in [0.05, 0.1) is 18.4 Å². The van der Waals surface area contributed by atoms with Gasteiger partial charge in [0.15, 0.2) is 11.5 Å². The molecule has 0 radical (unpaired) electrons. The minimum absolute atomic E-state index is 0.324. The van der Waals surface area contributed by atoms with Crippen molar-refractivity contribution in [3.8, 4) is 28.8 Å². The second kappa shape index (κ2) is 8.70. The Labute approximate surface area is 171 Å². The van der Waals surface area contributed by atoms with Gasteiger partial charge in [0.2, 0.25) is 0 Å². The largest absolute Gasteiger partial charge is 0.493 e. The van der Waals surface area contributed by atoms with Crippen LogP contribution in [-0.2, 0) is 4.79 Å². The molecule has 1 aromatic heterocycles. The van der Waals surface area contributed by atoms with Crippen LogP contribution in [0.3, 0.4) is 0 Å². The van der Waals surface area contributed by atoms with Crippen molar-refractivity contribution >= 4 is 40.6 Å². The maximum Gasteiger partial charge on any atom is 0.308 e. The Bertz CT molecular complexity index is 1080. The van der Waals surface area contributed by atoms with Crippen LogP contribution in [0.1, 0.15) is 17.5 Å². The number of rotatable bonds is 5. The van der Waals surface area contributed by atoms with Crippen LogP contribution in [0.2, 0.25) is 5.02 Å². The highest BCUT2D eigenvalue weighted by atomic mass is 35.5. The van der Waals surface area contributed by atoms with Crippen LogP contribution < -0.4 is 9.47 Å². The van der Waals surface area contributed by atoms with E-state index in [1.165, 1.54) is 25.4 Å². The summed E-state index contributed by atoms with van der Waals surface area (Å²) in [5.74, 6) is 0.295. The quantitative estimate of drug-likeness (QED) is 0.317. The molecule has 0 saturated carbocycles. The smallest absolute Gasteiger partial charge is 0.308 e. The lowest BCUT2D eigenvalue weighted by molar-refractivity contribution is -0.132. The number of nitrogens with zero attached hydrogens (tertiary/aromatic N) is 2. The van der Waals surface area contributed by atoms with E-state index in [-0.39, 0.29) is 0 Å². The molecule has 0 aliphatic heterocycles. The predicted octanol–water partition coefficient (Wildman–Crippen LogP) is 5.46. The standard InChI is InChI=1S/C21H15ClN2O3S/c1-13(25)27-19-8-3-14(10-20(19)26-2)9-16(11-23)21-24-18(12-28-21)15-4-6-17(22)7-5-15/h3-10,12H,1-2H3/b16-9-. The van der Waals surface area contributed by atoms with Gasteiger partial charge >= 0.3 is 5.97 Å². The van der Waals surface area contributed by atoms with E-state index in [4.69, 9.17) is 21.1 Å². The van der Waals surface area contributed by atoms with E-state index in [0.29, 0.717) is 27.1 Å². The highest BCUT2D eigenvalue weighted by Crippen LogP contribution is 2.31. The third-order valence-electron chi connectivity index (χ3n) is 3.75. The van der Waals surface area contributed by atoms with Crippen LogP contribution in [0.4, 0.5) is 0 Å². The number of benzene rings is 2. The monoisotopic (exact) mass is 410 g/mol. The molecule has 0 bridgehead atoms. The first-order chi connectivity index (χ1) is 13.5. The summed E-state index contributed by atoms with van der Waals surface area (Å²) >= 11 is 7.31. The van der Waals surface area contributed by atoms with Gasteiger partial charge in [-0.1, -0.05) is 29.8 Å². The SMILES string of the molecule is COc1cc(/C=C(/C#N)c2nc(-c3ccc(Cl)cc3)cs2)ccc1OC(C)=O. The summed E-state index contributed by atoms with van der Waals surface area (Å²) in [6, 6.07) is 14.6. The summed E-state index contributed by atoms with van der Waals surface area (Å²) in [7, 11) is 1.49. The molecule has 3 aromatic rings. The Balaban J connectivity index is 1.91. The highest BCUT2D eigenvalue weighted by molar-refractivity contribution is 7.11. The fourth-order valence-electron chi connectivity index (χ4n) is 2.47. The topological polar surface area (TPSA) is 72.2 Å². The number of halogens is 1. The number of esters is 1. The Kier molecular flexibility index (Phi) is 6.09. The van der Waals surface area contributed by atoms with Crippen LogP contribution in [-0.4, -0.2) is 18.1 Å². The molecule has 2 aromatic carbocycles. The number of hydrogen-bond acceptors (Lipinski definition) is 6. The molecule has 1 heterocycles. The number of aromatic nitrogens is 1. The lowest BCUT2D eigenvalue weighted by Gasteiger charge is -2.08. The summed E-state index contributed by atoms with van der Waals surface area (Å²) in [4.78, 5) is 15.7. The van der Waals surface area contributed by atoms with E-state index in [1.807, 2.05) is 17.5 Å². The van der Waals surface area contributed by atoms with Crippen molar-refractivity contribution in [3.05, 3.63) is 63.4 Å². The van der Waals surface area contributed by atoms with Crippen molar-refractivity contribution in [2.24, 2.45) is 0 Å². The number of carbonyl (C=O) groups is 1. The number of carbonyl (C=O) groups excluding carboxylic acids is 1.